The summed E-state index contributed by atoms with van der Waals surface area (Å²) in [7, 11) is 1.73. The Labute approximate surface area is 195 Å². The van der Waals surface area contributed by atoms with Crippen LogP contribution in [-0.2, 0) is 4.79 Å². The summed E-state index contributed by atoms with van der Waals surface area (Å²) in [6.45, 7) is 0.855. The lowest BCUT2D eigenvalue weighted by Gasteiger charge is -2.19. The summed E-state index contributed by atoms with van der Waals surface area (Å²) in [5, 5.41) is 23.9. The Morgan fingerprint density at radius 3 is 2.53 bits per heavy atom. The third-order valence-electron chi connectivity index (χ3n) is 5.18. The number of nitro benzene ring substituents is 1. The molecule has 0 atom stereocenters. The van der Waals surface area contributed by atoms with Crippen molar-refractivity contribution in [2.45, 2.75) is 0 Å². The van der Waals surface area contributed by atoms with Crippen molar-refractivity contribution in [1.82, 2.24) is 0 Å². The molecule has 1 aliphatic heterocycles. The molecule has 0 fully saturated rings. The second kappa shape index (κ2) is 9.75. The van der Waals surface area contributed by atoms with E-state index in [2.05, 4.69) is 5.32 Å². The lowest BCUT2D eigenvalue weighted by atomic mass is 10.1. The van der Waals surface area contributed by atoms with Crippen LogP contribution in [0, 0.1) is 21.4 Å². The lowest BCUT2D eigenvalue weighted by molar-refractivity contribution is -0.384. The molecular weight excluding hydrogens is 436 g/mol. The van der Waals surface area contributed by atoms with Gasteiger partial charge in [-0.25, -0.2) is 0 Å². The van der Waals surface area contributed by atoms with E-state index in [1.165, 1.54) is 12.1 Å². The molecular formula is C25H20N4O5. The highest BCUT2D eigenvalue weighted by Crippen LogP contribution is 2.34. The number of nitro groups is 1. The zero-order valence-corrected chi connectivity index (χ0v) is 18.2. The Hall–Kier alpha value is -4.84. The summed E-state index contributed by atoms with van der Waals surface area (Å²) in [6.07, 6.45) is 1.31. The number of nitriles is 1. The van der Waals surface area contributed by atoms with Gasteiger partial charge in [0.1, 0.15) is 30.5 Å². The molecule has 0 radical (unpaired) electrons. The number of nitrogens with one attached hydrogen (secondary N) is 1. The molecule has 1 N–H and O–H groups in total. The molecule has 3 aromatic carbocycles. The smallest absolute Gasteiger partial charge is 0.293 e. The molecule has 0 spiro atoms. The van der Waals surface area contributed by atoms with Gasteiger partial charge in [-0.2, -0.15) is 5.26 Å². The first kappa shape index (κ1) is 22.4. The molecule has 0 saturated heterocycles. The van der Waals surface area contributed by atoms with Crippen molar-refractivity contribution in [3.63, 3.8) is 0 Å². The second-order valence-corrected chi connectivity index (χ2v) is 7.38. The molecule has 170 valence electrons. The summed E-state index contributed by atoms with van der Waals surface area (Å²) < 4.78 is 11.0. The Morgan fingerprint density at radius 2 is 1.82 bits per heavy atom. The summed E-state index contributed by atoms with van der Waals surface area (Å²) in [5.74, 6) is 0.431. The zero-order valence-electron chi connectivity index (χ0n) is 18.2. The second-order valence-electron chi connectivity index (χ2n) is 7.38. The lowest BCUT2D eigenvalue weighted by Crippen LogP contribution is -2.17. The highest BCUT2D eigenvalue weighted by atomic mass is 16.6. The van der Waals surface area contributed by atoms with Gasteiger partial charge in [-0.1, -0.05) is 24.3 Å². The first-order chi connectivity index (χ1) is 16.5. The fourth-order valence-electron chi connectivity index (χ4n) is 3.49. The summed E-state index contributed by atoms with van der Waals surface area (Å²) in [6, 6.07) is 20.6. The van der Waals surface area contributed by atoms with Gasteiger partial charge in [0.2, 0.25) is 0 Å². The Morgan fingerprint density at radius 1 is 1.09 bits per heavy atom. The van der Waals surface area contributed by atoms with Gasteiger partial charge in [0.05, 0.1) is 4.92 Å². The number of rotatable bonds is 6. The monoisotopic (exact) mass is 456 g/mol. The molecule has 0 aromatic heterocycles. The summed E-state index contributed by atoms with van der Waals surface area (Å²) in [5.41, 5.74) is 1.60. The molecule has 0 saturated carbocycles. The first-order valence-electron chi connectivity index (χ1n) is 10.4. The van der Waals surface area contributed by atoms with E-state index in [-0.39, 0.29) is 11.3 Å². The number of amides is 1. The van der Waals surface area contributed by atoms with Gasteiger partial charge in [0, 0.05) is 30.6 Å². The molecule has 4 rings (SSSR count). The average Bonchev–Trinajstić information content (AvgIpc) is 2.87. The average molecular weight is 456 g/mol. The normalized spacial score (nSPS) is 12.4. The van der Waals surface area contributed by atoms with Crippen molar-refractivity contribution in [3.8, 4) is 17.6 Å². The topological polar surface area (TPSA) is 118 Å². The first-order valence-corrected chi connectivity index (χ1v) is 10.4. The van der Waals surface area contributed by atoms with E-state index in [9.17, 15) is 20.2 Å². The molecule has 1 heterocycles. The number of hydrogen-bond donors (Lipinski definition) is 1. The van der Waals surface area contributed by atoms with Crippen molar-refractivity contribution >= 4 is 34.7 Å². The molecule has 34 heavy (non-hydrogen) atoms. The van der Waals surface area contributed by atoms with Gasteiger partial charge in [-0.3, -0.25) is 14.9 Å². The van der Waals surface area contributed by atoms with Crippen LogP contribution in [0.4, 0.5) is 22.7 Å². The molecule has 0 aliphatic carbocycles. The van der Waals surface area contributed by atoms with Crippen molar-refractivity contribution in [3.05, 3.63) is 88.0 Å². The molecule has 9 heteroatoms. The van der Waals surface area contributed by atoms with Crippen molar-refractivity contribution in [2.75, 3.05) is 30.5 Å². The Kier molecular flexibility index (Phi) is 6.41. The fraction of sp³-hybridized carbons (Fsp3) is 0.120. The quantitative estimate of drug-likeness (QED) is 0.248. The number of fused-ring (bicyclic) bond motifs is 1. The van der Waals surface area contributed by atoms with E-state index < -0.39 is 10.8 Å². The third-order valence-corrected chi connectivity index (χ3v) is 5.18. The molecule has 0 bridgehead atoms. The SMILES string of the molecule is CN(c1ccccc1)c1ccc(/C=C(\C#N)C(=O)Nc2ccc3c(c2)OCCO3)cc1[N+](=O)[O-]. The van der Waals surface area contributed by atoms with Crippen LogP contribution in [0.5, 0.6) is 11.5 Å². The number of anilines is 3. The molecule has 1 aliphatic rings. The van der Waals surface area contributed by atoms with E-state index in [1.807, 2.05) is 36.4 Å². The summed E-state index contributed by atoms with van der Waals surface area (Å²) >= 11 is 0. The van der Waals surface area contributed by atoms with Crippen LogP contribution in [-0.4, -0.2) is 31.1 Å². The maximum Gasteiger partial charge on any atom is 0.293 e. The highest BCUT2D eigenvalue weighted by molar-refractivity contribution is 6.09. The third kappa shape index (κ3) is 4.81. The van der Waals surface area contributed by atoms with E-state index >= 15 is 0 Å². The number of carbonyl (C=O) groups excluding carboxylic acids is 1. The van der Waals surface area contributed by atoms with E-state index in [0.717, 1.165) is 5.69 Å². The number of para-hydroxylation sites is 1. The molecule has 3 aromatic rings. The van der Waals surface area contributed by atoms with Crippen LogP contribution in [0.15, 0.2) is 72.3 Å². The van der Waals surface area contributed by atoms with E-state index in [1.54, 1.807) is 42.3 Å². The maximum absolute atomic E-state index is 12.7. The minimum atomic E-state index is -0.646. The van der Waals surface area contributed by atoms with Crippen LogP contribution in [0.25, 0.3) is 6.08 Å². The van der Waals surface area contributed by atoms with E-state index in [4.69, 9.17) is 9.47 Å². The molecule has 9 nitrogen and oxygen atoms in total. The Balaban J connectivity index is 1.59. The van der Waals surface area contributed by atoms with Crippen molar-refractivity contribution < 1.29 is 19.2 Å². The van der Waals surface area contributed by atoms with Gasteiger partial charge in [0.15, 0.2) is 11.5 Å². The predicted molar refractivity (Wildman–Crippen MR) is 127 cm³/mol. The van der Waals surface area contributed by atoms with Crippen LogP contribution < -0.4 is 19.7 Å². The Bertz CT molecular complexity index is 1310. The minimum absolute atomic E-state index is 0.148. The maximum atomic E-state index is 12.7. The molecule has 0 unspecified atom stereocenters. The van der Waals surface area contributed by atoms with Crippen LogP contribution in [0.2, 0.25) is 0 Å². The number of ether oxygens (including phenoxy) is 2. The summed E-state index contributed by atoms with van der Waals surface area (Å²) in [4.78, 5) is 25.6. The zero-order chi connectivity index (χ0) is 24.1. The van der Waals surface area contributed by atoms with Crippen LogP contribution in [0.3, 0.4) is 0 Å². The number of carbonyl (C=O) groups is 1. The van der Waals surface area contributed by atoms with Gasteiger partial charge < -0.3 is 19.7 Å². The van der Waals surface area contributed by atoms with Gasteiger partial charge in [-0.15, -0.1) is 0 Å². The van der Waals surface area contributed by atoms with Crippen LogP contribution in [0.1, 0.15) is 5.56 Å². The van der Waals surface area contributed by atoms with E-state index in [0.29, 0.717) is 41.7 Å². The number of hydrogen-bond acceptors (Lipinski definition) is 7. The van der Waals surface area contributed by atoms with Gasteiger partial charge in [-0.05, 0) is 42.0 Å². The molecule has 1 amide bonds. The van der Waals surface area contributed by atoms with Crippen LogP contribution >= 0.6 is 0 Å². The minimum Gasteiger partial charge on any atom is -0.486 e. The van der Waals surface area contributed by atoms with Crippen molar-refractivity contribution in [1.29, 1.82) is 5.26 Å². The van der Waals surface area contributed by atoms with Crippen molar-refractivity contribution in [2.24, 2.45) is 0 Å². The predicted octanol–water partition coefficient (Wildman–Crippen LogP) is 4.68. The van der Waals surface area contributed by atoms with Gasteiger partial charge in [0.25, 0.3) is 11.6 Å². The standard InChI is InChI=1S/C25H20N4O5/c1-28(20-5-3-2-4-6-20)21-9-7-17(14-22(21)29(31)32)13-18(16-26)25(30)27-19-8-10-23-24(15-19)34-12-11-33-23/h2-10,13-15H,11-12H2,1H3,(H,27,30)/b18-13+. The fourth-order valence-corrected chi connectivity index (χ4v) is 3.49. The number of nitrogens with zero attached hydrogens (tertiary/aromatic N) is 3. The van der Waals surface area contributed by atoms with Gasteiger partial charge >= 0.3 is 0 Å². The number of benzene rings is 3. The largest absolute Gasteiger partial charge is 0.486 e. The highest BCUT2D eigenvalue weighted by Gasteiger charge is 2.20.